The van der Waals surface area contributed by atoms with Crippen LogP contribution in [0.2, 0.25) is 0 Å². The molecule has 0 bridgehead atoms. The molecule has 23 heavy (non-hydrogen) atoms. The Bertz CT molecular complexity index is 778. The fraction of sp³-hybridized carbons (Fsp3) is 0.222. The van der Waals surface area contributed by atoms with Crippen molar-refractivity contribution < 1.29 is 14.2 Å². The van der Waals surface area contributed by atoms with Crippen molar-refractivity contribution in [2.75, 3.05) is 0 Å². The Balaban J connectivity index is 2.13. The Labute approximate surface area is 134 Å². The minimum Gasteiger partial charge on any atom is -0.289 e. The van der Waals surface area contributed by atoms with Crippen LogP contribution in [-0.2, 0) is 9.59 Å². The van der Waals surface area contributed by atoms with Gasteiger partial charge in [0.05, 0.1) is 12.0 Å². The van der Waals surface area contributed by atoms with E-state index in [9.17, 15) is 14.9 Å². The lowest BCUT2D eigenvalue weighted by molar-refractivity contribution is -0.713. The molecule has 1 saturated heterocycles. The number of amides is 2. The Morgan fingerprint density at radius 3 is 2.30 bits per heavy atom. The molecule has 5 heteroatoms. The molecule has 1 aromatic carbocycles. The summed E-state index contributed by atoms with van der Waals surface area (Å²) in [4.78, 5) is 24.6. The minimum atomic E-state index is -0.909. The van der Waals surface area contributed by atoms with Gasteiger partial charge in [0.15, 0.2) is 12.4 Å². The maximum Gasteiger partial charge on any atom is 0.296 e. The highest BCUT2D eigenvalue weighted by atomic mass is 16.2. The van der Waals surface area contributed by atoms with Gasteiger partial charge in [-0.15, -0.1) is 0 Å². The van der Waals surface area contributed by atoms with Crippen molar-refractivity contribution in [3.8, 4) is 6.07 Å². The first-order valence-corrected chi connectivity index (χ1v) is 7.38. The maximum atomic E-state index is 12.5. The molecule has 2 heterocycles. The zero-order valence-corrected chi connectivity index (χ0v) is 12.6. The molecule has 2 aromatic rings. The number of imide groups is 1. The quantitative estimate of drug-likeness (QED) is 0.673. The van der Waals surface area contributed by atoms with Crippen molar-refractivity contribution in [1.82, 2.24) is 5.32 Å². The van der Waals surface area contributed by atoms with Gasteiger partial charge < -0.3 is 0 Å². The molecular formula is C18H16N3O2+. The van der Waals surface area contributed by atoms with Crippen LogP contribution in [0.1, 0.15) is 23.1 Å². The second kappa shape index (κ2) is 6.01. The van der Waals surface area contributed by atoms with Gasteiger partial charge in [-0.2, -0.15) is 9.83 Å². The topological polar surface area (TPSA) is 73.8 Å². The predicted molar refractivity (Wildman–Crippen MR) is 81.8 cm³/mol. The van der Waals surface area contributed by atoms with Gasteiger partial charge in [0.2, 0.25) is 11.9 Å². The predicted octanol–water partition coefficient (Wildman–Crippen LogP) is 1.40. The molecule has 2 amide bonds. The Morgan fingerprint density at radius 2 is 1.70 bits per heavy atom. The van der Waals surface area contributed by atoms with Gasteiger partial charge in [-0.1, -0.05) is 35.9 Å². The first-order chi connectivity index (χ1) is 11.1. The number of carbonyl (C=O) groups is 2. The van der Waals surface area contributed by atoms with Crippen molar-refractivity contribution in [2.24, 2.45) is 5.92 Å². The number of pyridine rings is 1. The summed E-state index contributed by atoms with van der Waals surface area (Å²) in [5.41, 5.74) is 1.89. The van der Waals surface area contributed by atoms with E-state index in [-0.39, 0.29) is 5.91 Å². The van der Waals surface area contributed by atoms with Crippen LogP contribution in [0.15, 0.2) is 54.9 Å². The number of nitriles is 1. The maximum absolute atomic E-state index is 12.5. The van der Waals surface area contributed by atoms with Crippen LogP contribution in [0.3, 0.4) is 0 Å². The molecule has 3 rings (SSSR count). The molecule has 114 valence electrons. The van der Waals surface area contributed by atoms with Gasteiger partial charge >= 0.3 is 0 Å². The summed E-state index contributed by atoms with van der Waals surface area (Å²) < 4.78 is 1.75. The Kier molecular flexibility index (Phi) is 3.90. The average molecular weight is 306 g/mol. The molecule has 0 radical (unpaired) electrons. The molecular weight excluding hydrogens is 290 g/mol. The van der Waals surface area contributed by atoms with Crippen LogP contribution in [0.25, 0.3) is 0 Å². The summed E-state index contributed by atoms with van der Waals surface area (Å²) in [7, 11) is 0. The number of aryl methyl sites for hydroxylation is 1. The summed E-state index contributed by atoms with van der Waals surface area (Å²) in [5.74, 6) is -2.35. The molecule has 1 fully saturated rings. The smallest absolute Gasteiger partial charge is 0.289 e. The van der Waals surface area contributed by atoms with Crippen molar-refractivity contribution in [3.63, 3.8) is 0 Å². The van der Waals surface area contributed by atoms with Crippen molar-refractivity contribution in [1.29, 1.82) is 5.26 Å². The monoisotopic (exact) mass is 306 g/mol. The lowest BCUT2D eigenvalue weighted by Gasteiger charge is -2.30. The summed E-state index contributed by atoms with van der Waals surface area (Å²) in [6.45, 7) is 1.97. The third-order valence-corrected chi connectivity index (χ3v) is 4.16. The van der Waals surface area contributed by atoms with E-state index in [2.05, 4.69) is 11.4 Å². The zero-order valence-electron chi connectivity index (χ0n) is 12.6. The molecule has 0 unspecified atom stereocenters. The standard InChI is InChI=1S/C18H15N3O2/c1-12-5-7-13(8-6-12)15-14(11-19)17(22)20-18(23)16(15)21-9-3-2-4-10-21/h2-10,14-16H,1H3/p+1/t14-,15-,16+/m1/s1. The summed E-state index contributed by atoms with van der Waals surface area (Å²) >= 11 is 0. The first kappa shape index (κ1) is 14.9. The molecule has 5 nitrogen and oxygen atoms in total. The van der Waals surface area contributed by atoms with E-state index in [1.165, 1.54) is 0 Å². The Hall–Kier alpha value is -3.00. The van der Waals surface area contributed by atoms with Crippen molar-refractivity contribution in [2.45, 2.75) is 18.9 Å². The normalized spacial score (nSPS) is 23.9. The van der Waals surface area contributed by atoms with E-state index in [4.69, 9.17) is 0 Å². The van der Waals surface area contributed by atoms with Crippen LogP contribution < -0.4 is 9.88 Å². The Morgan fingerprint density at radius 1 is 1.04 bits per heavy atom. The van der Waals surface area contributed by atoms with E-state index in [0.717, 1.165) is 11.1 Å². The van der Waals surface area contributed by atoms with E-state index in [0.29, 0.717) is 0 Å². The fourth-order valence-corrected chi connectivity index (χ4v) is 3.00. The minimum absolute atomic E-state index is 0.386. The van der Waals surface area contributed by atoms with Crippen molar-refractivity contribution >= 4 is 11.8 Å². The van der Waals surface area contributed by atoms with E-state index in [1.807, 2.05) is 49.4 Å². The van der Waals surface area contributed by atoms with Gasteiger partial charge in [0.25, 0.3) is 5.91 Å². The number of hydrogen-bond acceptors (Lipinski definition) is 3. The van der Waals surface area contributed by atoms with Crippen LogP contribution in [0.4, 0.5) is 0 Å². The molecule has 1 aromatic heterocycles. The molecule has 1 aliphatic rings. The average Bonchev–Trinajstić information content (AvgIpc) is 2.56. The van der Waals surface area contributed by atoms with Crippen LogP contribution >= 0.6 is 0 Å². The lowest BCUT2D eigenvalue weighted by atomic mass is 9.77. The molecule has 0 spiro atoms. The lowest BCUT2D eigenvalue weighted by Crippen LogP contribution is -2.59. The van der Waals surface area contributed by atoms with Gasteiger partial charge in [0.1, 0.15) is 5.92 Å². The molecule has 0 saturated carbocycles. The van der Waals surface area contributed by atoms with Crippen LogP contribution in [-0.4, -0.2) is 11.8 Å². The third kappa shape index (κ3) is 2.71. The van der Waals surface area contributed by atoms with E-state index in [1.54, 1.807) is 17.0 Å². The highest BCUT2D eigenvalue weighted by Crippen LogP contribution is 2.36. The summed E-state index contributed by atoms with van der Waals surface area (Å²) in [6, 6.07) is 14.5. The third-order valence-electron chi connectivity index (χ3n) is 4.16. The zero-order chi connectivity index (χ0) is 16.4. The van der Waals surface area contributed by atoms with Crippen molar-refractivity contribution in [3.05, 3.63) is 66.0 Å². The fourth-order valence-electron chi connectivity index (χ4n) is 3.00. The number of piperidine rings is 1. The van der Waals surface area contributed by atoms with Gasteiger partial charge in [-0.05, 0) is 12.5 Å². The number of nitrogens with zero attached hydrogens (tertiary/aromatic N) is 2. The highest BCUT2D eigenvalue weighted by Gasteiger charge is 2.50. The number of nitrogens with one attached hydrogen (secondary N) is 1. The van der Waals surface area contributed by atoms with E-state index >= 15 is 0 Å². The SMILES string of the molecule is Cc1ccc([C@H]2[C@H]([n+]3ccccc3)C(=O)NC(=O)[C@@H]2C#N)cc1. The number of rotatable bonds is 2. The molecule has 0 aliphatic carbocycles. The molecule has 1 aliphatic heterocycles. The second-order valence-corrected chi connectivity index (χ2v) is 5.66. The number of carbonyl (C=O) groups excluding carboxylic acids is 2. The number of aromatic nitrogens is 1. The summed E-state index contributed by atoms with van der Waals surface area (Å²) in [6.07, 6.45) is 3.55. The number of benzene rings is 1. The first-order valence-electron chi connectivity index (χ1n) is 7.38. The van der Waals surface area contributed by atoms with E-state index < -0.39 is 23.8 Å². The molecule has 3 atom stereocenters. The van der Waals surface area contributed by atoms with Gasteiger partial charge in [-0.3, -0.25) is 14.9 Å². The van der Waals surface area contributed by atoms with Gasteiger partial charge in [-0.25, -0.2) is 0 Å². The highest BCUT2D eigenvalue weighted by molar-refractivity contribution is 6.02. The largest absolute Gasteiger partial charge is 0.296 e. The summed E-state index contributed by atoms with van der Waals surface area (Å²) in [5, 5.41) is 11.8. The number of hydrogen-bond donors (Lipinski definition) is 1. The van der Waals surface area contributed by atoms with Crippen LogP contribution in [0, 0.1) is 24.2 Å². The van der Waals surface area contributed by atoms with Gasteiger partial charge in [0, 0.05) is 12.1 Å². The second-order valence-electron chi connectivity index (χ2n) is 5.66. The van der Waals surface area contributed by atoms with Crippen LogP contribution in [0.5, 0.6) is 0 Å². The molecule has 1 N–H and O–H groups in total.